The first-order valence-corrected chi connectivity index (χ1v) is 8.97. The first-order chi connectivity index (χ1) is 11.1. The van der Waals surface area contributed by atoms with Gasteiger partial charge in [0.1, 0.15) is 0 Å². The third-order valence-corrected chi connectivity index (χ3v) is 4.68. The van der Waals surface area contributed by atoms with Crippen molar-refractivity contribution in [2.75, 3.05) is 11.6 Å². The summed E-state index contributed by atoms with van der Waals surface area (Å²) in [6, 6.07) is 17.9. The molecule has 0 spiro atoms. The molecule has 118 valence electrons. The average molecular weight is 325 g/mol. The molecular formula is C18H19N3OS. The Morgan fingerprint density at radius 2 is 1.78 bits per heavy atom. The van der Waals surface area contributed by atoms with Crippen molar-refractivity contribution in [3.8, 4) is 5.69 Å². The van der Waals surface area contributed by atoms with Crippen LogP contribution in [-0.2, 0) is 17.3 Å². The van der Waals surface area contributed by atoms with Gasteiger partial charge in [-0.25, -0.2) is 4.68 Å². The monoisotopic (exact) mass is 325 g/mol. The molecule has 0 bridgehead atoms. The molecule has 3 aromatic rings. The second kappa shape index (κ2) is 6.79. The van der Waals surface area contributed by atoms with E-state index in [1.807, 2.05) is 72.4 Å². The molecule has 0 saturated carbocycles. The van der Waals surface area contributed by atoms with E-state index in [1.54, 1.807) is 6.26 Å². The first kappa shape index (κ1) is 15.5. The predicted octanol–water partition coefficient (Wildman–Crippen LogP) is 3.53. The third-order valence-electron chi connectivity index (χ3n) is 3.75. The maximum Gasteiger partial charge on any atom is 0.0763 e. The highest BCUT2D eigenvalue weighted by Crippen LogP contribution is 2.19. The van der Waals surface area contributed by atoms with Gasteiger partial charge in [0.15, 0.2) is 0 Å². The maximum atomic E-state index is 11.4. The van der Waals surface area contributed by atoms with E-state index < -0.39 is 10.8 Å². The highest BCUT2D eigenvalue weighted by atomic mass is 32.2. The van der Waals surface area contributed by atoms with Gasteiger partial charge in [0.2, 0.25) is 0 Å². The Morgan fingerprint density at radius 1 is 1.09 bits per heavy atom. The highest BCUT2D eigenvalue weighted by Gasteiger charge is 2.07. The zero-order valence-electron chi connectivity index (χ0n) is 13.2. The number of para-hydroxylation sites is 1. The molecule has 0 aliphatic heterocycles. The van der Waals surface area contributed by atoms with Crippen molar-refractivity contribution in [3.63, 3.8) is 0 Å². The zero-order valence-corrected chi connectivity index (χ0v) is 14.0. The van der Waals surface area contributed by atoms with Crippen molar-refractivity contribution in [1.82, 2.24) is 9.78 Å². The van der Waals surface area contributed by atoms with Crippen LogP contribution in [0.1, 0.15) is 11.3 Å². The van der Waals surface area contributed by atoms with Gasteiger partial charge in [-0.3, -0.25) is 4.21 Å². The fraction of sp³-hybridized carbons (Fsp3) is 0.167. The SMILES string of the molecule is Cc1c(NCc2ccc([S@@](C)=O)cc2)cnn1-c1ccccc1. The first-order valence-electron chi connectivity index (χ1n) is 7.41. The number of rotatable bonds is 5. The lowest BCUT2D eigenvalue weighted by Gasteiger charge is -2.08. The molecule has 1 atom stereocenters. The van der Waals surface area contributed by atoms with Gasteiger partial charge >= 0.3 is 0 Å². The van der Waals surface area contributed by atoms with E-state index >= 15 is 0 Å². The Morgan fingerprint density at radius 3 is 2.43 bits per heavy atom. The Balaban J connectivity index is 1.72. The van der Waals surface area contributed by atoms with Gasteiger partial charge < -0.3 is 5.32 Å². The van der Waals surface area contributed by atoms with Crippen molar-refractivity contribution in [1.29, 1.82) is 0 Å². The second-order valence-corrected chi connectivity index (χ2v) is 6.72. The van der Waals surface area contributed by atoms with Crippen LogP contribution >= 0.6 is 0 Å². The number of hydrogen-bond donors (Lipinski definition) is 1. The Kier molecular flexibility index (Phi) is 4.57. The molecule has 4 nitrogen and oxygen atoms in total. The van der Waals surface area contributed by atoms with Gasteiger partial charge in [0, 0.05) is 28.5 Å². The fourth-order valence-electron chi connectivity index (χ4n) is 2.41. The molecule has 1 heterocycles. The van der Waals surface area contributed by atoms with Crippen molar-refractivity contribution >= 4 is 16.5 Å². The number of hydrogen-bond acceptors (Lipinski definition) is 3. The van der Waals surface area contributed by atoms with Gasteiger partial charge in [-0.05, 0) is 36.8 Å². The maximum absolute atomic E-state index is 11.4. The molecule has 0 radical (unpaired) electrons. The van der Waals surface area contributed by atoms with Gasteiger partial charge in [-0.2, -0.15) is 5.10 Å². The molecule has 0 aliphatic rings. The molecule has 1 aromatic heterocycles. The molecule has 1 N–H and O–H groups in total. The molecule has 3 rings (SSSR count). The van der Waals surface area contributed by atoms with E-state index in [-0.39, 0.29) is 0 Å². The van der Waals surface area contributed by atoms with Crippen molar-refractivity contribution in [2.24, 2.45) is 0 Å². The molecule has 0 aliphatic carbocycles. The van der Waals surface area contributed by atoms with Crippen LogP contribution in [0.3, 0.4) is 0 Å². The number of nitrogens with zero attached hydrogens (tertiary/aromatic N) is 2. The molecule has 0 saturated heterocycles. The summed E-state index contributed by atoms with van der Waals surface area (Å²) in [6.07, 6.45) is 3.53. The zero-order chi connectivity index (χ0) is 16.2. The minimum atomic E-state index is -0.932. The summed E-state index contributed by atoms with van der Waals surface area (Å²) < 4.78 is 13.3. The van der Waals surface area contributed by atoms with Gasteiger partial charge in [-0.15, -0.1) is 0 Å². The van der Waals surface area contributed by atoms with Gasteiger partial charge in [-0.1, -0.05) is 30.3 Å². The van der Waals surface area contributed by atoms with Crippen LogP contribution in [0.25, 0.3) is 5.69 Å². The molecular weight excluding hydrogens is 306 g/mol. The summed E-state index contributed by atoms with van der Waals surface area (Å²) in [6.45, 7) is 2.75. The fourth-order valence-corrected chi connectivity index (χ4v) is 2.93. The number of nitrogens with one attached hydrogen (secondary N) is 1. The smallest absolute Gasteiger partial charge is 0.0763 e. The van der Waals surface area contributed by atoms with Crippen LogP contribution < -0.4 is 5.32 Å². The van der Waals surface area contributed by atoms with Crippen molar-refractivity contribution in [3.05, 3.63) is 72.1 Å². The number of benzene rings is 2. The average Bonchev–Trinajstić information content (AvgIpc) is 2.95. The van der Waals surface area contributed by atoms with E-state index in [2.05, 4.69) is 10.4 Å². The van der Waals surface area contributed by atoms with Crippen molar-refractivity contribution < 1.29 is 4.21 Å². The lowest BCUT2D eigenvalue weighted by molar-refractivity contribution is 0.687. The molecule has 5 heteroatoms. The van der Waals surface area contributed by atoms with Crippen molar-refractivity contribution in [2.45, 2.75) is 18.4 Å². The van der Waals surface area contributed by atoms with E-state index in [1.165, 1.54) is 0 Å². The summed E-state index contributed by atoms with van der Waals surface area (Å²) in [4.78, 5) is 0.849. The van der Waals surface area contributed by atoms with Crippen LogP contribution in [0.2, 0.25) is 0 Å². The lowest BCUT2D eigenvalue weighted by Crippen LogP contribution is -2.02. The lowest BCUT2D eigenvalue weighted by atomic mass is 10.2. The topological polar surface area (TPSA) is 46.9 Å². The van der Waals surface area contributed by atoms with Gasteiger partial charge in [0.25, 0.3) is 0 Å². The summed E-state index contributed by atoms with van der Waals surface area (Å²) in [7, 11) is -0.932. The van der Waals surface area contributed by atoms with Gasteiger partial charge in [0.05, 0.1) is 23.3 Å². The highest BCUT2D eigenvalue weighted by molar-refractivity contribution is 7.84. The number of aromatic nitrogens is 2. The predicted molar refractivity (Wildman–Crippen MR) is 94.4 cm³/mol. The van der Waals surface area contributed by atoms with Crippen LogP contribution in [0, 0.1) is 6.92 Å². The largest absolute Gasteiger partial charge is 0.378 e. The van der Waals surface area contributed by atoms with Crippen LogP contribution in [0.15, 0.2) is 65.7 Å². The summed E-state index contributed by atoms with van der Waals surface area (Å²) in [5, 5.41) is 7.86. The number of anilines is 1. The van der Waals surface area contributed by atoms with Crippen LogP contribution in [0.5, 0.6) is 0 Å². The third kappa shape index (κ3) is 3.51. The Hall–Kier alpha value is -2.40. The quantitative estimate of drug-likeness (QED) is 0.780. The van der Waals surface area contributed by atoms with Crippen LogP contribution in [-0.4, -0.2) is 20.2 Å². The summed E-state index contributed by atoms with van der Waals surface area (Å²) >= 11 is 0. The molecule has 0 fully saturated rings. The van der Waals surface area contributed by atoms with E-state index in [0.29, 0.717) is 6.54 Å². The minimum absolute atomic E-state index is 0.706. The van der Waals surface area contributed by atoms with E-state index in [0.717, 1.165) is 27.5 Å². The van der Waals surface area contributed by atoms with E-state index in [4.69, 9.17) is 0 Å². The molecule has 0 amide bonds. The Labute approximate surface area is 138 Å². The standard InChI is InChI=1S/C18H19N3OS/c1-14-18(13-20-21(14)16-6-4-3-5-7-16)19-12-15-8-10-17(11-9-15)23(2)22/h3-11,13,19H,12H2,1-2H3/t23-/m1/s1. The second-order valence-electron chi connectivity index (χ2n) is 5.34. The molecule has 0 unspecified atom stereocenters. The normalized spacial score (nSPS) is 12.1. The van der Waals surface area contributed by atoms with E-state index in [9.17, 15) is 4.21 Å². The molecule has 2 aromatic carbocycles. The van der Waals surface area contributed by atoms with Crippen LogP contribution in [0.4, 0.5) is 5.69 Å². The Bertz CT molecular complexity index is 810. The minimum Gasteiger partial charge on any atom is -0.378 e. The summed E-state index contributed by atoms with van der Waals surface area (Å²) in [5.74, 6) is 0. The molecule has 23 heavy (non-hydrogen) atoms. The summed E-state index contributed by atoms with van der Waals surface area (Å²) in [5.41, 5.74) is 4.28.